The quantitative estimate of drug-likeness (QED) is 0.226. The average Bonchev–Trinajstić information content (AvgIpc) is 3.60. The molecular weight excluding hydrogens is 559 g/mol. The van der Waals surface area contributed by atoms with E-state index in [0.29, 0.717) is 64.1 Å². The van der Waals surface area contributed by atoms with Crippen LogP contribution in [0.5, 0.6) is 0 Å². The van der Waals surface area contributed by atoms with E-state index in [1.165, 1.54) is 12.3 Å². The van der Waals surface area contributed by atoms with E-state index >= 15 is 4.39 Å². The van der Waals surface area contributed by atoms with Gasteiger partial charge in [0.05, 0.1) is 29.6 Å². The summed E-state index contributed by atoms with van der Waals surface area (Å²) >= 11 is 6.29. The molecule has 4 aromatic heterocycles. The lowest BCUT2D eigenvalue weighted by Gasteiger charge is -2.35. The summed E-state index contributed by atoms with van der Waals surface area (Å²) in [4.78, 5) is 36.3. The number of hydrogen-bond acceptors (Lipinski definition) is 6. The molecule has 1 aliphatic heterocycles. The fourth-order valence-corrected chi connectivity index (χ4v) is 5.60. The molecular formula is C31H28ClFN6O3. The molecule has 0 radical (unpaired) electrons. The highest BCUT2D eigenvalue weighted by Crippen LogP contribution is 2.31. The van der Waals surface area contributed by atoms with Gasteiger partial charge in [0.25, 0.3) is 5.91 Å². The van der Waals surface area contributed by atoms with E-state index in [9.17, 15) is 9.59 Å². The second-order valence-electron chi connectivity index (χ2n) is 10.0. The zero-order valence-electron chi connectivity index (χ0n) is 23.3. The maximum absolute atomic E-state index is 15.4. The first kappa shape index (κ1) is 27.6. The van der Waals surface area contributed by atoms with E-state index in [4.69, 9.17) is 16.3 Å². The lowest BCUT2D eigenvalue weighted by atomic mass is 10.1. The first-order valence-electron chi connectivity index (χ1n) is 13.8. The second-order valence-corrected chi connectivity index (χ2v) is 10.4. The summed E-state index contributed by atoms with van der Waals surface area (Å²) in [7, 11) is 0. The number of benzene rings is 1. The Balaban J connectivity index is 1.29. The Morgan fingerprint density at radius 3 is 2.60 bits per heavy atom. The van der Waals surface area contributed by atoms with Crippen molar-refractivity contribution in [1.82, 2.24) is 29.0 Å². The van der Waals surface area contributed by atoms with Crippen molar-refractivity contribution in [1.29, 1.82) is 0 Å². The number of pyridine rings is 1. The van der Waals surface area contributed by atoms with E-state index in [2.05, 4.69) is 15.1 Å². The minimum absolute atomic E-state index is 0.161. The summed E-state index contributed by atoms with van der Waals surface area (Å²) in [6.45, 7) is 7.07. The zero-order valence-corrected chi connectivity index (χ0v) is 24.1. The van der Waals surface area contributed by atoms with E-state index in [0.717, 1.165) is 11.4 Å². The second kappa shape index (κ2) is 11.0. The molecule has 1 unspecified atom stereocenters. The van der Waals surface area contributed by atoms with E-state index in [-0.39, 0.29) is 18.6 Å². The molecule has 0 saturated carbocycles. The molecule has 1 atom stereocenters. The molecule has 1 amide bonds. The Kier molecular flexibility index (Phi) is 7.24. The minimum Gasteiger partial charge on any atom is -0.462 e. The van der Waals surface area contributed by atoms with Gasteiger partial charge in [-0.2, -0.15) is 5.10 Å². The van der Waals surface area contributed by atoms with E-state index in [1.807, 2.05) is 30.5 Å². The molecule has 0 fully saturated rings. The SMILES string of the molecule is CCOC(=O)c1ccc(-c2ccc(-c3cc4nc(C(=O)N5CCn6c(Cl)ccc6C5C)cc(CC)n4n3)c(F)c2)nc1. The van der Waals surface area contributed by atoms with Crippen molar-refractivity contribution in [3.63, 3.8) is 0 Å². The van der Waals surface area contributed by atoms with Gasteiger partial charge >= 0.3 is 5.97 Å². The van der Waals surface area contributed by atoms with Crippen LogP contribution in [0.4, 0.5) is 4.39 Å². The predicted molar refractivity (Wildman–Crippen MR) is 156 cm³/mol. The van der Waals surface area contributed by atoms with Crippen molar-refractivity contribution in [2.75, 3.05) is 13.2 Å². The topological polar surface area (TPSA) is 94.6 Å². The fourth-order valence-electron chi connectivity index (χ4n) is 5.36. The predicted octanol–water partition coefficient (Wildman–Crippen LogP) is 6.01. The summed E-state index contributed by atoms with van der Waals surface area (Å²) in [6.07, 6.45) is 2.01. The molecule has 0 spiro atoms. The summed E-state index contributed by atoms with van der Waals surface area (Å²) < 4.78 is 24.1. The van der Waals surface area contributed by atoms with Gasteiger partial charge in [-0.1, -0.05) is 24.6 Å². The summed E-state index contributed by atoms with van der Waals surface area (Å²) in [6, 6.07) is 15.1. The van der Waals surface area contributed by atoms with Crippen LogP contribution in [-0.2, 0) is 17.7 Å². The first-order chi connectivity index (χ1) is 20.3. The van der Waals surface area contributed by atoms with Crippen molar-refractivity contribution in [2.24, 2.45) is 0 Å². The van der Waals surface area contributed by atoms with Crippen molar-refractivity contribution in [3.05, 3.63) is 94.4 Å². The Labute approximate surface area is 246 Å². The van der Waals surface area contributed by atoms with Gasteiger partial charge in [-0.15, -0.1) is 0 Å². The third-order valence-corrected chi connectivity index (χ3v) is 7.91. The molecule has 1 aromatic carbocycles. The molecule has 0 N–H and O–H groups in total. The molecule has 9 nitrogen and oxygen atoms in total. The zero-order chi connectivity index (χ0) is 29.5. The van der Waals surface area contributed by atoms with Gasteiger partial charge in [0.2, 0.25) is 0 Å². The van der Waals surface area contributed by atoms with Crippen LogP contribution in [0.15, 0.2) is 60.8 Å². The molecule has 0 aliphatic carbocycles. The minimum atomic E-state index is -0.481. The number of halogens is 2. The van der Waals surface area contributed by atoms with Gasteiger partial charge < -0.3 is 14.2 Å². The highest BCUT2D eigenvalue weighted by atomic mass is 35.5. The molecule has 11 heteroatoms. The largest absolute Gasteiger partial charge is 0.462 e. The smallest absolute Gasteiger partial charge is 0.339 e. The number of rotatable bonds is 6. The normalized spacial score (nSPS) is 14.7. The number of esters is 1. The van der Waals surface area contributed by atoms with Gasteiger partial charge in [0, 0.05) is 47.9 Å². The Morgan fingerprint density at radius 2 is 1.88 bits per heavy atom. The number of nitrogens with zero attached hydrogens (tertiary/aromatic N) is 6. The van der Waals surface area contributed by atoms with Crippen LogP contribution < -0.4 is 0 Å². The maximum Gasteiger partial charge on any atom is 0.339 e. The monoisotopic (exact) mass is 586 g/mol. The van der Waals surface area contributed by atoms with E-state index < -0.39 is 11.8 Å². The van der Waals surface area contributed by atoms with Gasteiger partial charge in [-0.25, -0.2) is 18.7 Å². The Bertz CT molecular complexity index is 1830. The molecule has 214 valence electrons. The third-order valence-electron chi connectivity index (χ3n) is 7.58. The van der Waals surface area contributed by atoms with Crippen LogP contribution in [0.25, 0.3) is 28.2 Å². The third kappa shape index (κ3) is 4.81. The van der Waals surface area contributed by atoms with Crippen LogP contribution in [0.3, 0.4) is 0 Å². The number of carbonyl (C=O) groups excluding carboxylic acids is 2. The van der Waals surface area contributed by atoms with Gasteiger partial charge in [-0.05, 0) is 62.7 Å². The number of aromatic nitrogens is 5. The van der Waals surface area contributed by atoms with Crippen molar-refractivity contribution in [3.8, 4) is 22.5 Å². The van der Waals surface area contributed by atoms with Crippen LogP contribution in [0.1, 0.15) is 59.0 Å². The standard InChI is InChI=1S/C31H28ClFN6O3/c1-4-21-15-26(30(40)37-12-13-38-27(18(37)3)10-11-28(38)32)35-29-16-25(36-39(21)29)22-8-6-19(14-23(22)33)24-9-7-20(17-34-24)31(41)42-5-2/h6-11,14-18H,4-5,12-13H2,1-3H3. The lowest BCUT2D eigenvalue weighted by Crippen LogP contribution is -2.41. The molecule has 0 saturated heterocycles. The molecule has 1 aliphatic rings. The van der Waals surface area contributed by atoms with Gasteiger partial charge in [0.1, 0.15) is 16.7 Å². The summed E-state index contributed by atoms with van der Waals surface area (Å²) in [5, 5.41) is 5.29. The number of amides is 1. The number of hydrogen-bond donors (Lipinski definition) is 0. The summed E-state index contributed by atoms with van der Waals surface area (Å²) in [5.41, 5.74) is 4.64. The highest BCUT2D eigenvalue weighted by molar-refractivity contribution is 6.29. The molecule has 5 aromatic rings. The van der Waals surface area contributed by atoms with Crippen LogP contribution >= 0.6 is 11.6 Å². The number of ether oxygens (including phenoxy) is 1. The first-order valence-corrected chi connectivity index (χ1v) is 14.2. The molecule has 5 heterocycles. The highest BCUT2D eigenvalue weighted by Gasteiger charge is 2.30. The molecule has 0 bridgehead atoms. The van der Waals surface area contributed by atoms with Crippen LogP contribution in [-0.4, -0.2) is 54.1 Å². The van der Waals surface area contributed by atoms with Crippen LogP contribution in [0, 0.1) is 5.82 Å². The number of carbonyl (C=O) groups is 2. The maximum atomic E-state index is 15.4. The van der Waals surface area contributed by atoms with E-state index in [1.54, 1.807) is 52.7 Å². The fraction of sp³-hybridized carbons (Fsp3) is 0.258. The summed E-state index contributed by atoms with van der Waals surface area (Å²) in [5.74, 6) is -1.12. The molecule has 6 rings (SSSR count). The Hall–Kier alpha value is -4.57. The molecule has 42 heavy (non-hydrogen) atoms. The van der Waals surface area contributed by atoms with Crippen molar-refractivity contribution < 1.29 is 18.7 Å². The van der Waals surface area contributed by atoms with Crippen molar-refractivity contribution >= 4 is 29.1 Å². The Morgan fingerprint density at radius 1 is 1.05 bits per heavy atom. The number of fused-ring (bicyclic) bond motifs is 2. The van der Waals surface area contributed by atoms with Crippen molar-refractivity contribution in [2.45, 2.75) is 39.8 Å². The van der Waals surface area contributed by atoms with Crippen LogP contribution in [0.2, 0.25) is 5.15 Å². The van der Waals surface area contributed by atoms with Gasteiger partial charge in [0.15, 0.2) is 5.65 Å². The average molecular weight is 587 g/mol. The number of aryl methyl sites for hydroxylation is 1. The van der Waals surface area contributed by atoms with Gasteiger partial charge in [-0.3, -0.25) is 9.78 Å². The lowest BCUT2D eigenvalue weighted by molar-refractivity contribution is 0.0525.